The average Bonchev–Trinajstić information content (AvgIpc) is 1.72. The lowest BCUT2D eigenvalue weighted by atomic mass is 9.99. The zero-order chi connectivity index (χ0) is 83.8. The quantitative estimate of drug-likeness (QED) is 0.0164. The van der Waals surface area contributed by atoms with Crippen molar-refractivity contribution in [1.82, 2.24) is 73.8 Å². The minimum Gasteiger partial charge on any atom is -0.508 e. The van der Waals surface area contributed by atoms with Crippen LogP contribution >= 0.6 is 25.3 Å². The minimum absolute atomic E-state index is 0.139. The standard InChI is InChI=1S/C72H96N18O21S2/c1-35(2)12-17-45(63(102)81-49(21-25-61(99)100)66(105)89-53(29-58(75)95)62(101)79-32-59(76)96)83-70(109)52(28-39-31-78-44-11-7-5-9-42(39)44)88-68(107)50(26-37-13-15-40(92)16-14-37)86-72(111)55(34-113)90-67(106)47(19-23-57(74)94)84-69(108)51(27-38-30-77-43-10-6-4-8-41(38)43)87-65(104)48(20-24-60(97)98)82-64(103)46(18-22-56(73)93)85-71(110)54(33-112)80-36(3)91/h4-11,13-16,30-31,35,45-55,77-78,92,112-113H,12,17-29,32-34H2,1-3H3,(H2,73,93)(H2,74,94)(H2,75,95)(H2,76,96)(H,79,101)(H,80,91)(H,81,102)(H,82,103)(H,83,109)(H,84,108)(H,85,110)(H,86,111)(H,87,104)(H,88,107)(H,89,105)(H,90,106)(H,97,98)(H,99,100)/t45-,46-,47-,48-,49-,50-,51-,52-,53-,54-,55-/m0/s1. The number of benzene rings is 3. The number of carbonyl (C=O) groups is 18. The monoisotopic (exact) mass is 1610 g/mol. The topological polar surface area (TPSA) is 648 Å². The zero-order valence-electron chi connectivity index (χ0n) is 61.9. The molecule has 41 heteroatoms. The summed E-state index contributed by atoms with van der Waals surface area (Å²) < 4.78 is 0. The van der Waals surface area contributed by atoms with E-state index in [0.717, 1.165) is 6.92 Å². The molecule has 16 amide bonds. The highest BCUT2D eigenvalue weighted by Gasteiger charge is 2.38. The van der Waals surface area contributed by atoms with Crippen molar-refractivity contribution in [3.8, 4) is 5.75 Å². The van der Waals surface area contributed by atoms with Crippen molar-refractivity contribution in [3.63, 3.8) is 0 Å². The van der Waals surface area contributed by atoms with Crippen LogP contribution in [0.2, 0.25) is 0 Å². The number of aromatic hydroxyl groups is 1. The van der Waals surface area contributed by atoms with E-state index in [1.54, 1.807) is 68.6 Å². The fourth-order valence-electron chi connectivity index (χ4n) is 11.6. The number of hydrogen-bond donors (Lipinski definition) is 23. The third kappa shape index (κ3) is 30.8. The molecule has 0 aliphatic rings. The van der Waals surface area contributed by atoms with Crippen LogP contribution in [-0.2, 0) is 106 Å². The Labute approximate surface area is 657 Å². The predicted molar refractivity (Wildman–Crippen MR) is 411 cm³/mol. The van der Waals surface area contributed by atoms with E-state index in [-0.39, 0.29) is 36.7 Å². The molecule has 0 radical (unpaired) electrons. The summed E-state index contributed by atoms with van der Waals surface area (Å²) in [5.41, 5.74) is 23.7. The molecule has 2 aromatic heterocycles. The van der Waals surface area contributed by atoms with Crippen LogP contribution in [0.5, 0.6) is 5.75 Å². The Kier molecular flexibility index (Phi) is 36.5. The lowest BCUT2D eigenvalue weighted by Crippen LogP contribution is -2.61. The normalized spacial score (nSPS) is 14.0. The molecule has 5 aromatic rings. The summed E-state index contributed by atoms with van der Waals surface area (Å²) >= 11 is 8.43. The van der Waals surface area contributed by atoms with E-state index in [1.165, 1.54) is 30.5 Å². The van der Waals surface area contributed by atoms with E-state index in [4.69, 9.17) is 22.9 Å². The molecule has 0 bridgehead atoms. The number of amides is 16. The molecule has 39 nitrogen and oxygen atoms in total. The van der Waals surface area contributed by atoms with Gasteiger partial charge in [0.1, 0.15) is 72.2 Å². The lowest BCUT2D eigenvalue weighted by molar-refractivity contribution is -0.139. The molecular formula is C72H96N18O21S2. The highest BCUT2D eigenvalue weighted by molar-refractivity contribution is 7.80. The number of carboxylic acids is 2. The third-order valence-corrected chi connectivity index (χ3v) is 18.2. The van der Waals surface area contributed by atoms with Crippen LogP contribution in [0, 0.1) is 5.92 Å². The average molecular weight is 1610 g/mol. The molecule has 113 heavy (non-hydrogen) atoms. The van der Waals surface area contributed by atoms with E-state index >= 15 is 9.59 Å². The molecule has 0 unspecified atom stereocenters. The highest BCUT2D eigenvalue weighted by Crippen LogP contribution is 2.23. The minimum atomic E-state index is -1.82. The Morgan fingerprint density at radius 2 is 0.699 bits per heavy atom. The molecule has 0 saturated heterocycles. The first-order valence-corrected chi connectivity index (χ1v) is 37.0. The van der Waals surface area contributed by atoms with Gasteiger partial charge in [-0.15, -0.1) is 0 Å². The van der Waals surface area contributed by atoms with Crippen molar-refractivity contribution in [3.05, 3.63) is 102 Å². The number of thiol groups is 2. The fourth-order valence-corrected chi connectivity index (χ4v) is 12.1. The van der Waals surface area contributed by atoms with Crippen molar-refractivity contribution < 1.29 is 102 Å². The van der Waals surface area contributed by atoms with Crippen molar-refractivity contribution >= 4 is 154 Å². The second-order valence-corrected chi connectivity index (χ2v) is 27.7. The van der Waals surface area contributed by atoms with Crippen molar-refractivity contribution in [1.29, 1.82) is 0 Å². The molecule has 0 fully saturated rings. The first-order chi connectivity index (χ1) is 53.4. The number of carboxylic acid groups (broad SMARTS) is 2. The number of fused-ring (bicyclic) bond motifs is 2. The van der Waals surface area contributed by atoms with Gasteiger partial charge in [-0.2, -0.15) is 25.3 Å². The number of aromatic amines is 2. The van der Waals surface area contributed by atoms with Crippen molar-refractivity contribution in [2.24, 2.45) is 28.9 Å². The molecule has 2 heterocycles. The van der Waals surface area contributed by atoms with Gasteiger partial charge in [-0.1, -0.05) is 62.4 Å². The van der Waals surface area contributed by atoms with Gasteiger partial charge in [-0.05, 0) is 85.4 Å². The molecule has 11 atom stereocenters. The summed E-state index contributed by atoms with van der Waals surface area (Å²) in [5.74, 6) is -20.7. The summed E-state index contributed by atoms with van der Waals surface area (Å²) in [5, 5.41) is 60.1. The lowest BCUT2D eigenvalue weighted by Gasteiger charge is -2.28. The van der Waals surface area contributed by atoms with E-state index in [0.29, 0.717) is 38.5 Å². The second kappa shape index (κ2) is 45.1. The number of carbonyl (C=O) groups excluding carboxylic acids is 16. The molecule has 5 rings (SSSR count). The van der Waals surface area contributed by atoms with Crippen LogP contribution in [0.1, 0.15) is 108 Å². The molecule has 0 spiro atoms. The van der Waals surface area contributed by atoms with Gasteiger partial charge < -0.3 is 112 Å². The van der Waals surface area contributed by atoms with Crippen LogP contribution in [0.15, 0.2) is 85.2 Å². The van der Waals surface area contributed by atoms with Crippen LogP contribution < -0.4 is 86.7 Å². The summed E-state index contributed by atoms with van der Waals surface area (Å²) in [7, 11) is 0. The van der Waals surface area contributed by atoms with Crippen LogP contribution in [0.25, 0.3) is 21.8 Å². The first-order valence-electron chi connectivity index (χ1n) is 35.7. The number of nitrogens with two attached hydrogens (primary N) is 4. The first kappa shape index (κ1) is 91.3. The predicted octanol–water partition coefficient (Wildman–Crippen LogP) is -4.23. The molecule has 0 aliphatic heterocycles. The van der Waals surface area contributed by atoms with Gasteiger partial charge in [0.25, 0.3) is 0 Å². The number of rotatable bonds is 49. The number of hydrogen-bond acceptors (Lipinski definition) is 21. The van der Waals surface area contributed by atoms with E-state index in [9.17, 15) is 92.0 Å². The Balaban J connectivity index is 1.49. The number of aromatic nitrogens is 2. The van der Waals surface area contributed by atoms with Crippen molar-refractivity contribution in [2.75, 3.05) is 18.1 Å². The van der Waals surface area contributed by atoms with Gasteiger partial charge >= 0.3 is 11.9 Å². The Morgan fingerprint density at radius 1 is 0.372 bits per heavy atom. The Morgan fingerprint density at radius 3 is 1.05 bits per heavy atom. The van der Waals surface area contributed by atoms with E-state index in [2.05, 4.69) is 99.0 Å². The largest absolute Gasteiger partial charge is 0.508 e. The van der Waals surface area contributed by atoms with Crippen LogP contribution in [0.3, 0.4) is 0 Å². The fraction of sp³-hybridized carbons (Fsp3) is 0.444. The third-order valence-electron chi connectivity index (χ3n) is 17.5. The van der Waals surface area contributed by atoms with Gasteiger partial charge in [-0.3, -0.25) is 86.3 Å². The number of phenolic OH excluding ortho intramolecular Hbond substituents is 1. The maximum Gasteiger partial charge on any atom is 0.303 e. The Hall–Kier alpha value is -12.3. The molecule has 0 aliphatic carbocycles. The number of phenols is 1. The molecule has 3 aromatic carbocycles. The van der Waals surface area contributed by atoms with Gasteiger partial charge in [0.05, 0.1) is 13.0 Å². The van der Waals surface area contributed by atoms with Crippen molar-refractivity contribution in [2.45, 2.75) is 177 Å². The maximum atomic E-state index is 15.2. The molecule has 612 valence electrons. The zero-order valence-corrected chi connectivity index (χ0v) is 63.7. The van der Waals surface area contributed by atoms with Crippen LogP contribution in [0.4, 0.5) is 0 Å². The maximum absolute atomic E-state index is 15.2. The number of primary amides is 4. The van der Waals surface area contributed by atoms with E-state index < -0.39 is 256 Å². The smallest absolute Gasteiger partial charge is 0.303 e. The Bertz CT molecular complexity index is 4290. The van der Waals surface area contributed by atoms with Crippen LogP contribution in [-0.4, -0.2) is 216 Å². The van der Waals surface area contributed by atoms with Gasteiger partial charge in [0.2, 0.25) is 94.5 Å². The summed E-state index contributed by atoms with van der Waals surface area (Å²) in [4.78, 5) is 248. The molecular weight excluding hydrogens is 1520 g/mol. The van der Waals surface area contributed by atoms with E-state index in [1.807, 2.05) is 0 Å². The SMILES string of the molecule is CC(=O)N[C@@H](CS)C(=O)N[C@@H](CCC(N)=O)C(=O)N[C@@H](CCC(=O)O)C(=O)N[C@@H](Cc1c[nH]c2ccccc12)C(=O)N[C@@H](CCC(N)=O)C(=O)N[C@@H](CS)C(=O)N[C@@H](Cc1ccc(O)cc1)C(=O)N[C@@H](Cc1c[nH]c2ccccc12)C(=O)N[C@@H](CCC(C)C)C(=O)N[C@@H](CCC(=O)O)C(=O)N[C@@H](CC(N)=O)C(=O)NCC(N)=O. The highest BCUT2D eigenvalue weighted by atomic mass is 32.1. The van der Waals surface area contributed by atoms with Gasteiger partial charge in [-0.25, -0.2) is 0 Å². The molecule has 25 N–H and O–H groups in total. The number of nitrogens with one attached hydrogen (secondary N) is 14. The summed E-state index contributed by atoms with van der Waals surface area (Å²) in [6, 6.07) is 0.471. The number of para-hydroxylation sites is 2. The molecule has 0 saturated carbocycles. The van der Waals surface area contributed by atoms with Gasteiger partial charge in [0, 0.05) is 97.6 Å². The second-order valence-electron chi connectivity index (χ2n) is 26.9. The summed E-state index contributed by atoms with van der Waals surface area (Å²) in [6.45, 7) is 3.98. The van der Waals surface area contributed by atoms with Gasteiger partial charge in [0.15, 0.2) is 0 Å². The number of H-pyrrole nitrogens is 2. The number of aliphatic carboxylic acids is 2. The summed E-state index contributed by atoms with van der Waals surface area (Å²) in [6.07, 6.45) is -3.66.